The first-order valence-electron chi connectivity index (χ1n) is 2.28. The van der Waals surface area contributed by atoms with Gasteiger partial charge in [-0.15, -0.1) is 0 Å². The van der Waals surface area contributed by atoms with Crippen LogP contribution in [-0.4, -0.2) is 21.6 Å². The molecule has 3 nitrogen and oxygen atoms in total. The van der Waals surface area contributed by atoms with Crippen LogP contribution in [0.4, 0.5) is 0 Å². The van der Waals surface area contributed by atoms with Crippen LogP contribution in [0.25, 0.3) is 0 Å². The largest absolute Gasteiger partial charge is 0.292 e. The van der Waals surface area contributed by atoms with Gasteiger partial charge in [0.05, 0.1) is 0 Å². The molecule has 0 atom stereocenters. The summed E-state index contributed by atoms with van der Waals surface area (Å²) in [5.74, 6) is 0. The molecule has 0 aliphatic carbocycles. The lowest BCUT2D eigenvalue weighted by Gasteiger charge is -1.87. The highest BCUT2D eigenvalue weighted by Gasteiger charge is 2.03. The van der Waals surface area contributed by atoms with Crippen molar-refractivity contribution in [2.24, 2.45) is 0 Å². The highest BCUT2D eigenvalue weighted by atomic mass is 32.4. The molecular weight excluding hydrogens is 144 g/mol. The Hall–Kier alpha value is 0.127. The Balaban J connectivity index is 3.42. The summed E-state index contributed by atoms with van der Waals surface area (Å²) >= 11 is 0. The molecule has 0 aliphatic heterocycles. The average Bonchev–Trinajstić information content (AvgIpc) is 1.59. The Morgan fingerprint density at radius 2 is 2.12 bits per heavy atom. The van der Waals surface area contributed by atoms with Gasteiger partial charge < -0.3 is 0 Å². The lowest BCUT2D eigenvalue weighted by Crippen LogP contribution is -2.06. The van der Waals surface area contributed by atoms with Crippen LogP contribution in [0.15, 0.2) is 0 Å². The smallest absolute Gasteiger partial charge is 0.249 e. The topological polar surface area (TPSA) is 54.4 Å². The third-order valence-electron chi connectivity index (χ3n) is 0.534. The first kappa shape index (κ1) is 8.13. The molecule has 0 rings (SSSR count). The van der Waals surface area contributed by atoms with Crippen molar-refractivity contribution in [1.82, 2.24) is 0 Å². The number of rotatable bonds is 3. The van der Waals surface area contributed by atoms with E-state index in [9.17, 15) is 8.42 Å². The van der Waals surface area contributed by atoms with E-state index in [1.54, 1.807) is 0 Å². The zero-order valence-corrected chi connectivity index (χ0v) is 6.40. The summed E-state index contributed by atoms with van der Waals surface area (Å²) in [6.07, 6.45) is 0.804. The van der Waals surface area contributed by atoms with Crippen LogP contribution < -0.4 is 0 Å². The molecule has 48 valence electrons. The lowest BCUT2D eigenvalue weighted by molar-refractivity contribution is 0.500. The monoisotopic (exact) mass is 152 g/mol. The first-order chi connectivity index (χ1) is 3.56. The van der Waals surface area contributed by atoms with Gasteiger partial charge in [0.2, 0.25) is 18.2 Å². The van der Waals surface area contributed by atoms with E-state index >= 15 is 0 Å². The van der Waals surface area contributed by atoms with Gasteiger partial charge >= 0.3 is 0 Å². The van der Waals surface area contributed by atoms with Crippen LogP contribution in [0.2, 0.25) is 6.04 Å². The highest BCUT2D eigenvalue weighted by Crippen LogP contribution is 1.89. The zero-order chi connectivity index (χ0) is 6.62. The summed E-state index contributed by atoms with van der Waals surface area (Å²) in [5.41, 5.74) is 0. The van der Waals surface area contributed by atoms with Crippen LogP contribution in [0.1, 0.15) is 13.3 Å². The van der Waals surface area contributed by atoms with Crippen molar-refractivity contribution >= 4 is 18.2 Å². The third-order valence-corrected chi connectivity index (χ3v) is 3.31. The van der Waals surface area contributed by atoms with Gasteiger partial charge in [-0.2, -0.15) is 0 Å². The summed E-state index contributed by atoms with van der Waals surface area (Å²) < 4.78 is 28.0. The van der Waals surface area contributed by atoms with Crippen LogP contribution in [0.5, 0.6) is 0 Å². The van der Waals surface area contributed by atoms with Gasteiger partial charge in [0.15, 0.2) is 0 Å². The van der Waals surface area contributed by atoms with Crippen molar-refractivity contribution in [1.29, 1.82) is 0 Å². The molecule has 8 heavy (non-hydrogen) atoms. The fourth-order valence-corrected chi connectivity index (χ4v) is 2.08. The molecule has 0 aromatic heterocycles. The van der Waals surface area contributed by atoms with E-state index in [0.717, 1.165) is 6.42 Å². The predicted molar refractivity (Wildman–Crippen MR) is 32.4 cm³/mol. The molecule has 0 aromatic rings. The molecule has 0 heterocycles. The molecular formula is C3H8O3SSi. The molecule has 0 saturated carbocycles. The highest BCUT2D eigenvalue weighted by molar-refractivity contribution is 8.10. The second kappa shape index (κ2) is 3.21. The molecule has 0 bridgehead atoms. The number of hydrogen-bond donors (Lipinski definition) is 1. The summed E-state index contributed by atoms with van der Waals surface area (Å²) in [5, 5.41) is 0. The second-order valence-corrected chi connectivity index (χ2v) is 5.52. The van der Waals surface area contributed by atoms with Gasteiger partial charge in [0, 0.05) is 0 Å². The van der Waals surface area contributed by atoms with Crippen molar-refractivity contribution < 1.29 is 13.0 Å². The Morgan fingerprint density at radius 3 is 2.25 bits per heavy atom. The maximum absolute atomic E-state index is 9.96. The van der Waals surface area contributed by atoms with E-state index in [4.69, 9.17) is 4.55 Å². The van der Waals surface area contributed by atoms with Crippen molar-refractivity contribution in [2.45, 2.75) is 19.4 Å². The second-order valence-electron chi connectivity index (χ2n) is 1.37. The summed E-state index contributed by atoms with van der Waals surface area (Å²) in [7, 11) is -3.99. The van der Waals surface area contributed by atoms with E-state index in [0.29, 0.717) is 6.04 Å². The molecule has 5 heteroatoms. The average molecular weight is 152 g/mol. The fourth-order valence-electron chi connectivity index (χ4n) is 0.231. The SMILES string of the molecule is CCC[Si]S(=O)(=O)O. The van der Waals surface area contributed by atoms with Crippen LogP contribution in [-0.2, 0) is 9.57 Å². The zero-order valence-electron chi connectivity index (χ0n) is 4.59. The van der Waals surface area contributed by atoms with E-state index in [1.165, 1.54) is 0 Å². The van der Waals surface area contributed by atoms with E-state index in [-0.39, 0.29) is 8.67 Å². The van der Waals surface area contributed by atoms with Crippen LogP contribution in [0.3, 0.4) is 0 Å². The van der Waals surface area contributed by atoms with Gasteiger partial charge in [-0.1, -0.05) is 13.3 Å². The molecule has 0 unspecified atom stereocenters. The minimum atomic E-state index is -3.66. The lowest BCUT2D eigenvalue weighted by atomic mass is 10.6. The first-order valence-corrected chi connectivity index (χ1v) is 5.65. The van der Waals surface area contributed by atoms with E-state index in [2.05, 4.69) is 0 Å². The van der Waals surface area contributed by atoms with Crippen molar-refractivity contribution in [3.05, 3.63) is 0 Å². The normalized spacial score (nSPS) is 11.8. The Bertz CT molecular complexity index is 139. The van der Waals surface area contributed by atoms with Gasteiger partial charge in [0.25, 0.3) is 0 Å². The minimum absolute atomic E-state index is 0.331. The summed E-state index contributed by atoms with van der Waals surface area (Å²) in [6, 6.07) is 0.568. The molecule has 0 saturated heterocycles. The molecule has 1 N–H and O–H groups in total. The van der Waals surface area contributed by atoms with Gasteiger partial charge in [0.1, 0.15) is 0 Å². The van der Waals surface area contributed by atoms with E-state index in [1.807, 2.05) is 6.92 Å². The molecule has 0 fully saturated rings. The van der Waals surface area contributed by atoms with Crippen molar-refractivity contribution in [3.63, 3.8) is 0 Å². The Labute approximate surface area is 51.3 Å². The van der Waals surface area contributed by atoms with Crippen molar-refractivity contribution in [2.75, 3.05) is 0 Å². The molecule has 0 amide bonds. The standard InChI is InChI=1S/C3H8O3SSi/c1-2-3-8-7(4,5)6/h2-3H2,1H3,(H,4,5,6). The van der Waals surface area contributed by atoms with Gasteiger partial charge in [-0.3, -0.25) is 4.55 Å². The summed E-state index contributed by atoms with van der Waals surface area (Å²) in [4.78, 5) is 0. The predicted octanol–water partition coefficient (Wildman–Crippen LogP) is 0.322. The van der Waals surface area contributed by atoms with E-state index < -0.39 is 9.57 Å². The fraction of sp³-hybridized carbons (Fsp3) is 1.00. The minimum Gasteiger partial charge on any atom is -0.292 e. The number of hydrogen-bond acceptors (Lipinski definition) is 2. The molecule has 2 radical (unpaired) electrons. The summed E-state index contributed by atoms with van der Waals surface area (Å²) in [6.45, 7) is 1.87. The van der Waals surface area contributed by atoms with Gasteiger partial charge in [-0.25, -0.2) is 8.42 Å². The molecule has 0 aliphatic rings. The quantitative estimate of drug-likeness (QED) is 0.468. The van der Waals surface area contributed by atoms with Crippen molar-refractivity contribution in [3.8, 4) is 0 Å². The van der Waals surface area contributed by atoms with Crippen LogP contribution in [0, 0.1) is 0 Å². The third kappa shape index (κ3) is 6.13. The Kier molecular flexibility index (Phi) is 3.26. The molecule has 0 aromatic carbocycles. The maximum atomic E-state index is 9.96. The Morgan fingerprint density at radius 1 is 1.62 bits per heavy atom. The maximum Gasteiger partial charge on any atom is 0.249 e. The molecule has 0 spiro atoms. The van der Waals surface area contributed by atoms with Crippen LogP contribution >= 0.6 is 0 Å². The van der Waals surface area contributed by atoms with Gasteiger partial charge in [-0.05, 0) is 6.04 Å².